The first-order valence-corrected chi connectivity index (χ1v) is 6.13. The highest BCUT2D eigenvalue weighted by molar-refractivity contribution is 6.42. The zero-order chi connectivity index (χ0) is 9.11. The molecule has 0 aromatic carbocycles. The first-order chi connectivity index (χ1) is 5.22. The third-order valence-corrected chi connectivity index (χ3v) is 2.09. The van der Waals surface area contributed by atoms with Gasteiger partial charge in [-0.15, -0.1) is 0 Å². The van der Waals surface area contributed by atoms with E-state index in [1.54, 1.807) is 0 Å². The van der Waals surface area contributed by atoms with Gasteiger partial charge in [-0.1, -0.05) is 20.3 Å². The van der Waals surface area contributed by atoms with Gasteiger partial charge in [0.25, 0.3) is 0 Å². The molecule has 2 nitrogen and oxygen atoms in total. The smallest absolute Gasteiger partial charge is 0.381 e. The molecule has 0 fully saturated rings. The highest BCUT2D eigenvalue weighted by Gasteiger charge is 2.02. The van der Waals surface area contributed by atoms with Crippen molar-refractivity contribution in [3.63, 3.8) is 0 Å². The SMILES string of the molecule is CCC.CCO[Si](C)OCC. The Morgan fingerprint density at radius 3 is 1.36 bits per heavy atom. The first-order valence-electron chi connectivity index (χ1n) is 4.31. The molecule has 0 aromatic heterocycles. The van der Waals surface area contributed by atoms with Crippen LogP contribution in [0.1, 0.15) is 34.1 Å². The van der Waals surface area contributed by atoms with Crippen molar-refractivity contribution in [3.8, 4) is 0 Å². The summed E-state index contributed by atoms with van der Waals surface area (Å²) >= 11 is 0. The summed E-state index contributed by atoms with van der Waals surface area (Å²) in [5.74, 6) is 0. The van der Waals surface area contributed by atoms with E-state index in [1.807, 2.05) is 20.4 Å². The highest BCUT2D eigenvalue weighted by atomic mass is 28.3. The van der Waals surface area contributed by atoms with Gasteiger partial charge in [0.15, 0.2) is 0 Å². The van der Waals surface area contributed by atoms with Gasteiger partial charge in [-0.05, 0) is 20.4 Å². The average molecular weight is 177 g/mol. The second kappa shape index (κ2) is 12.8. The lowest BCUT2D eigenvalue weighted by Gasteiger charge is -2.05. The molecule has 0 aliphatic rings. The topological polar surface area (TPSA) is 18.5 Å². The van der Waals surface area contributed by atoms with E-state index >= 15 is 0 Å². The molecule has 69 valence electrons. The Morgan fingerprint density at radius 1 is 0.909 bits per heavy atom. The van der Waals surface area contributed by atoms with Crippen LogP contribution < -0.4 is 0 Å². The fourth-order valence-corrected chi connectivity index (χ4v) is 1.34. The van der Waals surface area contributed by atoms with E-state index in [0.717, 1.165) is 13.2 Å². The zero-order valence-electron chi connectivity index (χ0n) is 8.44. The summed E-state index contributed by atoms with van der Waals surface area (Å²) < 4.78 is 10.3. The van der Waals surface area contributed by atoms with Gasteiger partial charge < -0.3 is 8.85 Å². The van der Waals surface area contributed by atoms with Crippen LogP contribution in [-0.2, 0) is 8.85 Å². The van der Waals surface area contributed by atoms with Gasteiger partial charge >= 0.3 is 9.28 Å². The molecule has 0 spiro atoms. The largest absolute Gasteiger partial charge is 0.394 e. The van der Waals surface area contributed by atoms with Crippen LogP contribution in [0.5, 0.6) is 0 Å². The van der Waals surface area contributed by atoms with E-state index in [-0.39, 0.29) is 0 Å². The second-order valence-electron chi connectivity index (χ2n) is 2.06. The molecule has 0 aliphatic carbocycles. The molecule has 3 heteroatoms. The molecular weight excluding hydrogens is 156 g/mol. The molecule has 11 heavy (non-hydrogen) atoms. The van der Waals surface area contributed by atoms with Gasteiger partial charge in [-0.3, -0.25) is 0 Å². The quantitative estimate of drug-likeness (QED) is 0.615. The molecule has 0 N–H and O–H groups in total. The van der Waals surface area contributed by atoms with Crippen LogP contribution in [0.2, 0.25) is 6.55 Å². The van der Waals surface area contributed by atoms with Crippen LogP contribution in [0.25, 0.3) is 0 Å². The molecule has 0 unspecified atom stereocenters. The van der Waals surface area contributed by atoms with E-state index in [4.69, 9.17) is 8.85 Å². The monoisotopic (exact) mass is 177 g/mol. The summed E-state index contributed by atoms with van der Waals surface area (Å²) in [7, 11) is -0.891. The van der Waals surface area contributed by atoms with Gasteiger partial charge in [-0.2, -0.15) is 0 Å². The molecule has 0 bridgehead atoms. The maximum atomic E-state index is 5.16. The Hall–Kier alpha value is 0.137. The Balaban J connectivity index is 0. The minimum Gasteiger partial charge on any atom is -0.394 e. The summed E-state index contributed by atoms with van der Waals surface area (Å²) in [6.45, 7) is 11.7. The summed E-state index contributed by atoms with van der Waals surface area (Å²) in [4.78, 5) is 0. The van der Waals surface area contributed by atoms with Crippen LogP contribution in [-0.4, -0.2) is 22.5 Å². The maximum Gasteiger partial charge on any atom is 0.381 e. The van der Waals surface area contributed by atoms with Crippen LogP contribution in [0.4, 0.5) is 0 Å². The van der Waals surface area contributed by atoms with Crippen molar-refractivity contribution in [2.45, 2.75) is 40.7 Å². The van der Waals surface area contributed by atoms with Gasteiger partial charge in [0, 0.05) is 13.2 Å². The predicted molar refractivity (Wildman–Crippen MR) is 50.8 cm³/mol. The molecule has 0 saturated carbocycles. The van der Waals surface area contributed by atoms with Gasteiger partial charge in [0.2, 0.25) is 0 Å². The van der Waals surface area contributed by atoms with Crippen molar-refractivity contribution in [2.75, 3.05) is 13.2 Å². The minimum atomic E-state index is -0.891. The Labute approximate surface area is 72.8 Å². The molecule has 0 heterocycles. The van der Waals surface area contributed by atoms with Crippen LogP contribution >= 0.6 is 0 Å². The van der Waals surface area contributed by atoms with Crippen molar-refractivity contribution in [1.29, 1.82) is 0 Å². The van der Waals surface area contributed by atoms with E-state index in [0.29, 0.717) is 0 Å². The molecule has 0 atom stereocenters. The Morgan fingerprint density at radius 2 is 1.18 bits per heavy atom. The van der Waals surface area contributed by atoms with E-state index in [1.165, 1.54) is 6.42 Å². The molecule has 1 radical (unpaired) electrons. The summed E-state index contributed by atoms with van der Waals surface area (Å²) in [5.41, 5.74) is 0. The van der Waals surface area contributed by atoms with Crippen LogP contribution in [0, 0.1) is 0 Å². The van der Waals surface area contributed by atoms with Gasteiger partial charge in [-0.25, -0.2) is 0 Å². The van der Waals surface area contributed by atoms with Gasteiger partial charge in [0.1, 0.15) is 0 Å². The third-order valence-electron chi connectivity index (χ3n) is 0.695. The fourth-order valence-electron chi connectivity index (χ4n) is 0.448. The number of hydrogen-bond acceptors (Lipinski definition) is 2. The molecule has 0 aliphatic heterocycles. The van der Waals surface area contributed by atoms with E-state index in [9.17, 15) is 0 Å². The first kappa shape index (κ1) is 13.7. The molecule has 0 amide bonds. The average Bonchev–Trinajstić information content (AvgIpc) is 1.90. The minimum absolute atomic E-state index is 0.769. The Kier molecular flexibility index (Phi) is 15.9. The molecule has 0 rings (SSSR count). The highest BCUT2D eigenvalue weighted by Crippen LogP contribution is 1.85. The Bertz CT molecular complexity index is 54.1. The standard InChI is InChI=1S/C5H13O2Si.C3H8/c1-4-6-8(3)7-5-2;1-3-2/h4-5H2,1-3H3;3H2,1-2H3. The van der Waals surface area contributed by atoms with Crippen molar-refractivity contribution >= 4 is 9.28 Å². The van der Waals surface area contributed by atoms with E-state index < -0.39 is 9.28 Å². The predicted octanol–water partition coefficient (Wildman–Crippen LogP) is 2.59. The normalized spacial score (nSPS) is 9.27. The lowest BCUT2D eigenvalue weighted by molar-refractivity contribution is 0.219. The maximum absolute atomic E-state index is 5.16. The van der Waals surface area contributed by atoms with Crippen molar-refractivity contribution in [1.82, 2.24) is 0 Å². The summed E-state index contributed by atoms with van der Waals surface area (Å²) in [6.07, 6.45) is 1.25. The summed E-state index contributed by atoms with van der Waals surface area (Å²) in [6, 6.07) is 0. The fraction of sp³-hybridized carbons (Fsp3) is 1.00. The number of rotatable bonds is 4. The van der Waals surface area contributed by atoms with Crippen LogP contribution in [0.15, 0.2) is 0 Å². The lowest BCUT2D eigenvalue weighted by Crippen LogP contribution is -2.17. The van der Waals surface area contributed by atoms with Crippen molar-refractivity contribution in [3.05, 3.63) is 0 Å². The molecule has 0 aromatic rings. The lowest BCUT2D eigenvalue weighted by atomic mass is 10.6. The zero-order valence-corrected chi connectivity index (χ0v) is 9.44. The number of hydrogen-bond donors (Lipinski definition) is 0. The molecule has 0 saturated heterocycles. The van der Waals surface area contributed by atoms with Crippen molar-refractivity contribution < 1.29 is 8.85 Å². The van der Waals surface area contributed by atoms with Crippen LogP contribution in [0.3, 0.4) is 0 Å². The van der Waals surface area contributed by atoms with E-state index in [2.05, 4.69) is 13.8 Å². The van der Waals surface area contributed by atoms with Gasteiger partial charge in [0.05, 0.1) is 0 Å². The van der Waals surface area contributed by atoms with Crippen molar-refractivity contribution in [2.24, 2.45) is 0 Å². The summed E-state index contributed by atoms with van der Waals surface area (Å²) in [5, 5.41) is 0. The molecular formula is C8H21O2Si. The second-order valence-corrected chi connectivity index (χ2v) is 3.63. The third kappa shape index (κ3) is 17.8.